The second kappa shape index (κ2) is 6.61. The van der Waals surface area contributed by atoms with Gasteiger partial charge in [0.2, 0.25) is 0 Å². The molecule has 0 aliphatic heterocycles. The minimum absolute atomic E-state index is 0.144. The topological polar surface area (TPSA) is 59.3 Å². The first-order valence-corrected chi connectivity index (χ1v) is 8.98. The van der Waals surface area contributed by atoms with Crippen LogP contribution in [0.1, 0.15) is 15.2 Å². The maximum atomic E-state index is 12.6. The fraction of sp³-hybridized carbons (Fsp3) is 0.0476. The van der Waals surface area contributed by atoms with Crippen LogP contribution < -0.4 is 10.7 Å². The maximum absolute atomic E-state index is 12.6. The number of fused-ring (bicyclic) bond motifs is 1. The Morgan fingerprint density at radius 3 is 2.69 bits per heavy atom. The molecule has 26 heavy (non-hydrogen) atoms. The molecule has 2 aromatic heterocycles. The lowest BCUT2D eigenvalue weighted by Crippen LogP contribution is -2.10. The van der Waals surface area contributed by atoms with Crippen molar-refractivity contribution in [3.63, 3.8) is 0 Å². The van der Waals surface area contributed by atoms with E-state index in [-0.39, 0.29) is 11.3 Å². The second-order valence-corrected chi connectivity index (χ2v) is 6.93. The lowest BCUT2D eigenvalue weighted by molar-refractivity contribution is 0.103. The van der Waals surface area contributed by atoms with Crippen LogP contribution in [0.2, 0.25) is 0 Å². The summed E-state index contributed by atoms with van der Waals surface area (Å²) in [5, 5.41) is 5.09. The van der Waals surface area contributed by atoms with E-state index in [1.165, 1.54) is 17.4 Å². The molecule has 0 aliphatic carbocycles. The number of amides is 1. The quantitative estimate of drug-likeness (QED) is 0.553. The molecule has 4 aromatic rings. The van der Waals surface area contributed by atoms with Crippen LogP contribution in [0, 0.1) is 6.92 Å². The molecule has 0 saturated carbocycles. The predicted molar refractivity (Wildman–Crippen MR) is 105 cm³/mol. The molecule has 1 N–H and O–H groups in total. The number of hydrogen-bond acceptors (Lipinski definition) is 4. The van der Waals surface area contributed by atoms with Gasteiger partial charge in [-0.25, -0.2) is 0 Å². The van der Waals surface area contributed by atoms with E-state index >= 15 is 0 Å². The molecule has 2 heterocycles. The zero-order chi connectivity index (χ0) is 18.1. The van der Waals surface area contributed by atoms with Crippen LogP contribution in [0.4, 0.5) is 5.69 Å². The lowest BCUT2D eigenvalue weighted by atomic mass is 10.1. The number of carbonyl (C=O) groups is 1. The molecule has 0 bridgehead atoms. The van der Waals surface area contributed by atoms with Crippen molar-refractivity contribution in [2.75, 3.05) is 5.32 Å². The highest BCUT2D eigenvalue weighted by atomic mass is 32.1. The third-order valence-electron chi connectivity index (χ3n) is 4.03. The van der Waals surface area contributed by atoms with Gasteiger partial charge in [0.25, 0.3) is 5.91 Å². The lowest BCUT2D eigenvalue weighted by Gasteiger charge is -2.07. The molecule has 1 amide bonds. The van der Waals surface area contributed by atoms with E-state index in [0.717, 1.165) is 11.1 Å². The monoisotopic (exact) mass is 361 g/mol. The van der Waals surface area contributed by atoms with E-state index in [4.69, 9.17) is 4.42 Å². The van der Waals surface area contributed by atoms with E-state index in [0.29, 0.717) is 27.3 Å². The van der Waals surface area contributed by atoms with Gasteiger partial charge in [-0.05, 0) is 42.6 Å². The number of thiophene rings is 1. The Labute approximate surface area is 153 Å². The Balaban J connectivity index is 1.71. The average molecular weight is 361 g/mol. The number of aryl methyl sites for hydroxylation is 1. The summed E-state index contributed by atoms with van der Waals surface area (Å²) in [5.74, 6) is 0.335. The predicted octanol–water partition coefficient (Wildman–Crippen LogP) is 5.08. The zero-order valence-electron chi connectivity index (χ0n) is 14.0. The standard InChI is InChI=1S/C21H15NO3S/c1-13-4-2-5-14(10-13)19-12-17(23)16-11-15(7-8-18(16)25-19)22-21(24)20-6-3-9-26-20/h2-12H,1H3,(H,22,24). The Kier molecular flexibility index (Phi) is 4.14. The van der Waals surface area contributed by atoms with Crippen molar-refractivity contribution in [1.29, 1.82) is 0 Å². The van der Waals surface area contributed by atoms with Gasteiger partial charge in [-0.2, -0.15) is 0 Å². The summed E-state index contributed by atoms with van der Waals surface area (Å²) >= 11 is 1.37. The number of nitrogens with one attached hydrogen (secondary N) is 1. The normalized spacial score (nSPS) is 10.8. The molecule has 5 heteroatoms. The van der Waals surface area contributed by atoms with Crippen LogP contribution in [0.25, 0.3) is 22.3 Å². The van der Waals surface area contributed by atoms with Crippen molar-refractivity contribution in [3.05, 3.63) is 86.7 Å². The highest BCUT2D eigenvalue weighted by Crippen LogP contribution is 2.25. The molecular formula is C21H15NO3S. The van der Waals surface area contributed by atoms with E-state index in [1.807, 2.05) is 42.6 Å². The molecule has 0 aliphatic rings. The highest BCUT2D eigenvalue weighted by molar-refractivity contribution is 7.12. The molecule has 4 rings (SSSR count). The molecule has 0 radical (unpaired) electrons. The number of benzene rings is 2. The Morgan fingerprint density at radius 2 is 1.92 bits per heavy atom. The SMILES string of the molecule is Cc1cccc(-c2cc(=O)c3cc(NC(=O)c4cccs4)ccc3o2)c1. The molecule has 0 saturated heterocycles. The first-order valence-electron chi connectivity index (χ1n) is 8.10. The van der Waals surface area contributed by atoms with Crippen molar-refractivity contribution >= 4 is 33.9 Å². The summed E-state index contributed by atoms with van der Waals surface area (Å²) in [5.41, 5.74) is 2.86. The third-order valence-corrected chi connectivity index (χ3v) is 4.90. The molecule has 2 aromatic carbocycles. The fourth-order valence-corrected chi connectivity index (χ4v) is 3.39. The maximum Gasteiger partial charge on any atom is 0.265 e. The van der Waals surface area contributed by atoms with Gasteiger partial charge in [-0.3, -0.25) is 9.59 Å². The number of hydrogen-bond donors (Lipinski definition) is 1. The summed E-state index contributed by atoms with van der Waals surface area (Å²) in [6.45, 7) is 1.99. The number of rotatable bonds is 3. The van der Waals surface area contributed by atoms with Crippen molar-refractivity contribution in [3.8, 4) is 11.3 Å². The van der Waals surface area contributed by atoms with Crippen LogP contribution in [0.5, 0.6) is 0 Å². The number of anilines is 1. The van der Waals surface area contributed by atoms with Gasteiger partial charge in [0, 0.05) is 17.3 Å². The minimum Gasteiger partial charge on any atom is -0.456 e. The van der Waals surface area contributed by atoms with E-state index in [2.05, 4.69) is 5.32 Å². The number of carbonyl (C=O) groups excluding carboxylic acids is 1. The summed E-state index contributed by atoms with van der Waals surface area (Å²) in [6.07, 6.45) is 0. The molecule has 0 fully saturated rings. The van der Waals surface area contributed by atoms with Crippen LogP contribution in [-0.2, 0) is 0 Å². The Hall–Kier alpha value is -3.18. The van der Waals surface area contributed by atoms with E-state index < -0.39 is 0 Å². The molecular weight excluding hydrogens is 346 g/mol. The molecule has 0 spiro atoms. The van der Waals surface area contributed by atoms with Crippen molar-refractivity contribution in [2.24, 2.45) is 0 Å². The van der Waals surface area contributed by atoms with Crippen molar-refractivity contribution in [1.82, 2.24) is 0 Å². The minimum atomic E-state index is -0.194. The van der Waals surface area contributed by atoms with Gasteiger partial charge in [0.05, 0.1) is 10.3 Å². The fourth-order valence-electron chi connectivity index (χ4n) is 2.78. The first kappa shape index (κ1) is 16.3. The van der Waals surface area contributed by atoms with Gasteiger partial charge in [-0.15, -0.1) is 11.3 Å². The molecule has 0 unspecified atom stereocenters. The van der Waals surface area contributed by atoms with Crippen LogP contribution in [0.3, 0.4) is 0 Å². The summed E-state index contributed by atoms with van der Waals surface area (Å²) < 4.78 is 5.91. The van der Waals surface area contributed by atoms with Gasteiger partial charge in [-0.1, -0.05) is 29.8 Å². The van der Waals surface area contributed by atoms with Gasteiger partial charge in [0.1, 0.15) is 11.3 Å². The van der Waals surface area contributed by atoms with Gasteiger partial charge < -0.3 is 9.73 Å². The van der Waals surface area contributed by atoms with Crippen molar-refractivity contribution < 1.29 is 9.21 Å². The van der Waals surface area contributed by atoms with Crippen LogP contribution in [-0.4, -0.2) is 5.91 Å². The summed E-state index contributed by atoms with van der Waals surface area (Å²) in [7, 11) is 0. The molecule has 4 nitrogen and oxygen atoms in total. The van der Waals surface area contributed by atoms with Gasteiger partial charge >= 0.3 is 0 Å². The Morgan fingerprint density at radius 1 is 1.04 bits per heavy atom. The van der Waals surface area contributed by atoms with Crippen LogP contribution in [0.15, 0.2) is 75.3 Å². The smallest absolute Gasteiger partial charge is 0.265 e. The molecule has 0 atom stereocenters. The third kappa shape index (κ3) is 3.17. The summed E-state index contributed by atoms with van der Waals surface area (Å²) in [4.78, 5) is 25.3. The second-order valence-electron chi connectivity index (χ2n) is 5.99. The zero-order valence-corrected chi connectivity index (χ0v) is 14.8. The van der Waals surface area contributed by atoms with Crippen molar-refractivity contribution in [2.45, 2.75) is 6.92 Å². The molecule has 128 valence electrons. The summed E-state index contributed by atoms with van der Waals surface area (Å²) in [6, 6.07) is 18.0. The highest BCUT2D eigenvalue weighted by Gasteiger charge is 2.11. The van der Waals surface area contributed by atoms with E-state index in [1.54, 1.807) is 24.3 Å². The van der Waals surface area contributed by atoms with Crippen LogP contribution >= 0.6 is 11.3 Å². The Bertz CT molecular complexity index is 1160. The largest absolute Gasteiger partial charge is 0.456 e. The average Bonchev–Trinajstić information content (AvgIpc) is 3.17. The first-order chi connectivity index (χ1) is 12.6. The van der Waals surface area contributed by atoms with E-state index in [9.17, 15) is 9.59 Å². The van der Waals surface area contributed by atoms with Gasteiger partial charge in [0.15, 0.2) is 5.43 Å².